The Hall–Kier alpha value is -5.04. The zero-order valence-corrected chi connectivity index (χ0v) is 77.1. The van der Waals surface area contributed by atoms with Gasteiger partial charge >= 0.3 is 0 Å². The van der Waals surface area contributed by atoms with Crippen molar-refractivity contribution in [2.45, 2.75) is 353 Å². The number of fused-ring (bicyclic) bond motifs is 10. The van der Waals surface area contributed by atoms with Gasteiger partial charge in [-0.05, 0) is 352 Å². The fourth-order valence-electron chi connectivity index (χ4n) is 23.5. The highest BCUT2D eigenvalue weighted by Gasteiger charge is 2.41. The molecule has 115 heavy (non-hydrogen) atoms. The maximum Gasteiger partial charge on any atom is 0.0479 e. The van der Waals surface area contributed by atoms with E-state index < -0.39 is 0 Å². The molecule has 0 spiro atoms. The number of anilines is 2. The van der Waals surface area contributed by atoms with Crippen molar-refractivity contribution < 1.29 is 0 Å². The Balaban J connectivity index is 0.000000126. The van der Waals surface area contributed by atoms with Crippen LogP contribution in [0, 0.1) is 42.4 Å². The van der Waals surface area contributed by atoms with E-state index in [1.54, 1.807) is 0 Å². The van der Waals surface area contributed by atoms with E-state index in [-0.39, 0.29) is 0 Å². The van der Waals surface area contributed by atoms with Gasteiger partial charge in [0.25, 0.3) is 0 Å². The number of nitrogens with zero attached hydrogens (tertiary/aromatic N) is 10. The molecule has 14 aliphatic rings. The molecule has 0 bridgehead atoms. The third-order valence-corrected chi connectivity index (χ3v) is 32.6. The summed E-state index contributed by atoms with van der Waals surface area (Å²) in [6, 6.07) is 56.1. The van der Waals surface area contributed by atoms with Crippen LogP contribution < -0.4 is 9.80 Å². The Morgan fingerprint density at radius 3 is 1.30 bits per heavy atom. The molecule has 6 aromatic rings. The van der Waals surface area contributed by atoms with E-state index in [9.17, 15) is 0 Å². The largest absolute Gasteiger partial charge is 0.372 e. The van der Waals surface area contributed by atoms with Crippen LogP contribution in [0.25, 0.3) is 10.9 Å². The SMILES string of the molecule is CC1CC2CCCC2N1C.CC1CC2CCCCC2CN1C.CC1CC2CCCCC2N1C.CC1CCC2CCCCC2N1C.CC1CCC2CCCCC2N1C.CC1CCc2ccccc2N1C.CC1Cc2ccccc2CN1C.CC1Cc2ccccc2N1C.CC1c2ccccc2CCN1C.Cc1cc2ccccc2n1C. The number of aromatic nitrogens is 1. The topological polar surface area (TPSA) is 34.1 Å². The van der Waals surface area contributed by atoms with E-state index in [4.69, 9.17) is 0 Å². The molecule has 10 fully saturated rings. The first-order valence-electron chi connectivity index (χ1n) is 47.6. The lowest BCUT2D eigenvalue weighted by molar-refractivity contribution is 0.0447. The van der Waals surface area contributed by atoms with E-state index in [0.717, 1.165) is 96.4 Å². The molecule has 0 N–H and O–H groups in total. The van der Waals surface area contributed by atoms with Gasteiger partial charge in [-0.1, -0.05) is 167 Å². The minimum atomic E-state index is 0.593. The summed E-state index contributed by atoms with van der Waals surface area (Å²) in [5.41, 5.74) is 14.5. The van der Waals surface area contributed by atoms with Crippen LogP contribution in [0.5, 0.6) is 0 Å². The summed E-state index contributed by atoms with van der Waals surface area (Å²) in [5, 5.41) is 1.33. The molecule has 638 valence electrons. The Morgan fingerprint density at radius 2 is 0.722 bits per heavy atom. The summed E-state index contributed by atoms with van der Waals surface area (Å²) in [6.07, 6.45) is 44.6. The van der Waals surface area contributed by atoms with Gasteiger partial charge in [0.1, 0.15) is 0 Å². The minimum absolute atomic E-state index is 0.593. The highest BCUT2D eigenvalue weighted by Crippen LogP contribution is 2.43. The molecule has 19 unspecified atom stereocenters. The lowest BCUT2D eigenvalue weighted by Crippen LogP contribution is -2.48. The van der Waals surface area contributed by atoms with Crippen molar-refractivity contribution in [3.63, 3.8) is 0 Å². The van der Waals surface area contributed by atoms with Gasteiger partial charge in [-0.3, -0.25) is 9.80 Å². The van der Waals surface area contributed by atoms with Gasteiger partial charge in [0.15, 0.2) is 0 Å². The van der Waals surface area contributed by atoms with Crippen LogP contribution in [0.1, 0.15) is 281 Å². The summed E-state index contributed by atoms with van der Waals surface area (Å²) >= 11 is 0. The van der Waals surface area contributed by atoms with E-state index >= 15 is 0 Å². The monoisotopic (exact) mass is 1570 g/mol. The summed E-state index contributed by atoms with van der Waals surface area (Å²) < 4.78 is 2.20. The first kappa shape index (κ1) is 90.7. The van der Waals surface area contributed by atoms with Crippen LogP contribution >= 0.6 is 0 Å². The number of hydrogen-bond donors (Lipinski definition) is 0. The molecule has 1 aromatic heterocycles. The van der Waals surface area contributed by atoms with Crippen molar-refractivity contribution in [2.75, 3.05) is 86.3 Å². The van der Waals surface area contributed by atoms with Crippen molar-refractivity contribution >= 4 is 22.3 Å². The second kappa shape index (κ2) is 44.0. The van der Waals surface area contributed by atoms with Gasteiger partial charge in [0.05, 0.1) is 0 Å². The van der Waals surface area contributed by atoms with Gasteiger partial charge < -0.3 is 38.9 Å². The van der Waals surface area contributed by atoms with Crippen molar-refractivity contribution in [3.05, 3.63) is 166 Å². The molecule has 5 saturated heterocycles. The summed E-state index contributed by atoms with van der Waals surface area (Å²) in [5.74, 6) is 6.30. The van der Waals surface area contributed by atoms with E-state index in [0.29, 0.717) is 24.2 Å². The number of rotatable bonds is 0. The summed E-state index contributed by atoms with van der Waals surface area (Å²) in [6.45, 7) is 26.8. The molecular weight excluding hydrogens is 1400 g/mol. The number of aryl methyl sites for hydroxylation is 3. The van der Waals surface area contributed by atoms with Crippen molar-refractivity contribution in [1.82, 2.24) is 38.9 Å². The van der Waals surface area contributed by atoms with Crippen molar-refractivity contribution in [1.29, 1.82) is 0 Å². The molecule has 10 nitrogen and oxygen atoms in total. The number of piperidine rings is 3. The van der Waals surface area contributed by atoms with Crippen molar-refractivity contribution in [3.8, 4) is 0 Å². The second-order valence-corrected chi connectivity index (χ2v) is 39.8. The standard InChI is InChI=1S/C11H21N.2C11H15N.2C11H21N.C11H15N.C10H19N.C10H13N.C10H11N.C9H17N/c2*1-9-7-10-5-3-4-6-11(10)8-12(9)2;1-9-11-6-4-3-5-10(11)7-8-12(9)2;3*1-9-7-8-10-5-3-4-6-11(10)12(9)2;3*1-8-7-9-5-3-4-6-10(9)11(8)2;1-7-6-8-4-3-5-9(8)10(7)2/h9-11H,3-8H2,1-2H3;2*3-6,9H,7-8H2,1-2H3;2*9-11H,3-8H2,1-2H3;3-6,9H,7-8H2,1-2H3;8-10H,3-7H2,1-2H3;3-6,8H,7H2,1-2H3;3-7H,1-2H3;7-9H,3-6H2,1-2H3. The summed E-state index contributed by atoms with van der Waals surface area (Å²) in [4.78, 5) is 22.5. The molecule has 9 aliphatic heterocycles. The van der Waals surface area contributed by atoms with Crippen LogP contribution in [-0.2, 0) is 39.3 Å². The van der Waals surface area contributed by atoms with Gasteiger partial charge in [-0.15, -0.1) is 0 Å². The highest BCUT2D eigenvalue weighted by molar-refractivity contribution is 5.81. The van der Waals surface area contributed by atoms with Gasteiger partial charge in [-0.25, -0.2) is 0 Å². The molecule has 0 amide bonds. The predicted octanol–water partition coefficient (Wildman–Crippen LogP) is 23.3. The second-order valence-electron chi connectivity index (χ2n) is 39.8. The van der Waals surface area contributed by atoms with Crippen LogP contribution in [0.3, 0.4) is 0 Å². The number of likely N-dealkylation sites (N-methyl/N-ethyl adjacent to an activating group) is 3. The average Bonchev–Trinajstić information content (AvgIpc) is 1.70. The zero-order chi connectivity index (χ0) is 82.0. The molecular formula is C105H168N10. The minimum Gasteiger partial charge on any atom is -0.372 e. The Bertz CT molecular complexity index is 3670. The maximum atomic E-state index is 2.63. The smallest absolute Gasteiger partial charge is 0.0479 e. The van der Waals surface area contributed by atoms with E-state index in [2.05, 4.69) is 316 Å². The van der Waals surface area contributed by atoms with Gasteiger partial charge in [0, 0.05) is 142 Å². The molecule has 20 rings (SSSR count). The van der Waals surface area contributed by atoms with Gasteiger partial charge in [-0.2, -0.15) is 0 Å². The fraction of sp³-hybridized carbons (Fsp3) is 0.695. The molecule has 0 radical (unpaired) electrons. The zero-order valence-electron chi connectivity index (χ0n) is 77.1. The normalized spacial score (nSPS) is 32.7. The predicted molar refractivity (Wildman–Crippen MR) is 498 cm³/mol. The first-order chi connectivity index (χ1) is 55.3. The van der Waals surface area contributed by atoms with E-state index in [1.807, 2.05) is 0 Å². The average molecular weight is 1570 g/mol. The number of para-hydroxylation sites is 3. The first-order valence-corrected chi connectivity index (χ1v) is 47.6. The lowest BCUT2D eigenvalue weighted by Gasteiger charge is -2.45. The summed E-state index contributed by atoms with van der Waals surface area (Å²) in [7, 11) is 22.4. The van der Waals surface area contributed by atoms with Gasteiger partial charge in [0.2, 0.25) is 0 Å². The van der Waals surface area contributed by atoms with Crippen LogP contribution in [-0.4, -0.2) is 188 Å². The van der Waals surface area contributed by atoms with Crippen molar-refractivity contribution in [2.24, 2.45) is 42.6 Å². The third-order valence-electron chi connectivity index (χ3n) is 32.6. The molecule has 5 aromatic carbocycles. The molecule has 10 heterocycles. The highest BCUT2D eigenvalue weighted by atomic mass is 15.2. The Morgan fingerprint density at radius 1 is 0.296 bits per heavy atom. The number of benzene rings is 5. The van der Waals surface area contributed by atoms with E-state index in [1.165, 1.54) is 273 Å². The molecule has 5 saturated carbocycles. The number of hydrogen-bond acceptors (Lipinski definition) is 9. The fourth-order valence-corrected chi connectivity index (χ4v) is 23.5. The van der Waals surface area contributed by atoms with Crippen LogP contribution in [0.15, 0.2) is 127 Å². The van der Waals surface area contributed by atoms with Crippen LogP contribution in [0.4, 0.5) is 11.4 Å². The Kier molecular flexibility index (Phi) is 34.7. The molecule has 19 atom stereocenters. The van der Waals surface area contributed by atoms with Crippen LogP contribution in [0.2, 0.25) is 0 Å². The molecule has 5 aliphatic carbocycles. The Labute approximate surface area is 705 Å². The number of likely N-dealkylation sites (tertiary alicyclic amines) is 5. The third kappa shape index (κ3) is 24.0. The maximum absolute atomic E-state index is 2.63. The lowest BCUT2D eigenvalue weighted by atomic mass is 9.73. The molecule has 10 heteroatoms. The quantitative estimate of drug-likeness (QED) is 0.148.